The Morgan fingerprint density at radius 1 is 1.24 bits per heavy atom. The minimum atomic E-state index is 0.394. The van der Waals surface area contributed by atoms with Crippen LogP contribution in [0.3, 0.4) is 0 Å². The van der Waals surface area contributed by atoms with E-state index in [2.05, 4.69) is 5.10 Å². The Morgan fingerprint density at radius 3 is 2.76 bits per heavy atom. The molecule has 0 atom stereocenters. The van der Waals surface area contributed by atoms with Crippen molar-refractivity contribution >= 4 is 34.5 Å². The first-order valence-corrected chi connectivity index (χ1v) is 7.47. The van der Waals surface area contributed by atoms with Crippen LogP contribution in [0.1, 0.15) is 10.1 Å². The minimum Gasteiger partial charge on any atom is -0.464 e. The molecule has 2 N–H and O–H groups in total. The van der Waals surface area contributed by atoms with Crippen LogP contribution in [0.2, 0.25) is 0 Å². The second kappa shape index (κ2) is 4.66. The third-order valence-electron chi connectivity index (χ3n) is 2.73. The molecular weight excluding hydrogens is 252 g/mol. The molecule has 88 valence electrons. The lowest BCUT2D eigenvalue weighted by Crippen LogP contribution is -2.14. The molecule has 1 aromatic heterocycles. The number of nitrogens with two attached hydrogens (primary N) is 1. The van der Waals surface area contributed by atoms with Gasteiger partial charge in [-0.1, -0.05) is 12.1 Å². The Morgan fingerprint density at radius 2 is 2.00 bits per heavy atom. The maximum atomic E-state index is 5.66. The molecule has 3 rings (SSSR count). The molecule has 0 bridgehead atoms. The fraction of sp³-hybridized carbons (Fsp3) is 0.250. The smallest absolute Gasteiger partial charge is 0.136 e. The molecule has 2 aromatic rings. The van der Waals surface area contributed by atoms with Gasteiger partial charge in [-0.2, -0.15) is 5.10 Å². The highest BCUT2D eigenvalue weighted by Crippen LogP contribution is 2.44. The standard InChI is InChI=1S/C12H12N2OS2/c13-14-11-8-3-1-2-4-10(8)15-7-9(11)12-16-5-6-17-12/h1-4,7,12H,5-6,13H2. The number of nitrogens with zero attached hydrogens (tertiary/aromatic N) is 1. The van der Waals surface area contributed by atoms with Crippen LogP contribution in [0, 0.1) is 0 Å². The van der Waals surface area contributed by atoms with Crippen LogP contribution in [0.25, 0.3) is 11.0 Å². The summed E-state index contributed by atoms with van der Waals surface area (Å²) in [4.78, 5) is 0. The molecule has 0 aliphatic carbocycles. The van der Waals surface area contributed by atoms with Gasteiger partial charge in [-0.05, 0) is 12.1 Å². The lowest BCUT2D eigenvalue weighted by Gasteiger charge is -2.09. The largest absolute Gasteiger partial charge is 0.464 e. The molecule has 1 aromatic carbocycles. The number of benzene rings is 1. The fourth-order valence-corrected chi connectivity index (χ4v) is 4.81. The van der Waals surface area contributed by atoms with E-state index in [4.69, 9.17) is 10.3 Å². The highest BCUT2D eigenvalue weighted by molar-refractivity contribution is 8.19. The van der Waals surface area contributed by atoms with Gasteiger partial charge in [0.05, 0.1) is 10.8 Å². The summed E-state index contributed by atoms with van der Waals surface area (Å²) in [6.45, 7) is 0. The van der Waals surface area contributed by atoms with Gasteiger partial charge in [0, 0.05) is 22.5 Å². The number of rotatable bonds is 1. The van der Waals surface area contributed by atoms with E-state index in [0.717, 1.165) is 21.9 Å². The Hall–Kier alpha value is -1.07. The molecule has 1 saturated heterocycles. The molecule has 1 fully saturated rings. The van der Waals surface area contributed by atoms with Gasteiger partial charge >= 0.3 is 0 Å². The van der Waals surface area contributed by atoms with E-state index in [0.29, 0.717) is 4.58 Å². The van der Waals surface area contributed by atoms with Gasteiger partial charge < -0.3 is 10.3 Å². The number of thioether (sulfide) groups is 2. The van der Waals surface area contributed by atoms with Crippen molar-refractivity contribution in [2.75, 3.05) is 11.5 Å². The molecule has 17 heavy (non-hydrogen) atoms. The summed E-state index contributed by atoms with van der Waals surface area (Å²) in [5, 5.41) is 5.80. The van der Waals surface area contributed by atoms with Crippen molar-refractivity contribution in [3.05, 3.63) is 41.4 Å². The third-order valence-corrected chi connectivity index (χ3v) is 5.80. The maximum absolute atomic E-state index is 5.66. The van der Waals surface area contributed by atoms with Crippen LogP contribution in [0.4, 0.5) is 0 Å². The quantitative estimate of drug-likeness (QED) is 0.635. The van der Waals surface area contributed by atoms with Crippen LogP contribution in [-0.2, 0) is 0 Å². The zero-order valence-corrected chi connectivity index (χ0v) is 10.8. The molecule has 0 amide bonds. The molecular formula is C12H12N2OS2. The summed E-state index contributed by atoms with van der Waals surface area (Å²) in [7, 11) is 0. The molecule has 1 aliphatic rings. The fourth-order valence-electron chi connectivity index (χ4n) is 1.95. The number of hydrogen-bond donors (Lipinski definition) is 1. The molecule has 0 spiro atoms. The van der Waals surface area contributed by atoms with E-state index in [1.165, 1.54) is 11.5 Å². The van der Waals surface area contributed by atoms with E-state index in [1.54, 1.807) is 6.26 Å². The van der Waals surface area contributed by atoms with Crippen LogP contribution < -0.4 is 11.2 Å². The minimum absolute atomic E-state index is 0.394. The van der Waals surface area contributed by atoms with Crippen LogP contribution in [0.5, 0.6) is 0 Å². The second-order valence-electron chi connectivity index (χ2n) is 3.74. The first-order chi connectivity index (χ1) is 8.40. The van der Waals surface area contributed by atoms with Crippen molar-refractivity contribution < 1.29 is 4.42 Å². The topological polar surface area (TPSA) is 51.5 Å². The summed E-state index contributed by atoms with van der Waals surface area (Å²) in [5.74, 6) is 7.89. The molecule has 1 aliphatic heterocycles. The van der Waals surface area contributed by atoms with Crippen molar-refractivity contribution in [1.29, 1.82) is 0 Å². The van der Waals surface area contributed by atoms with E-state index < -0.39 is 0 Å². The van der Waals surface area contributed by atoms with Crippen molar-refractivity contribution in [3.63, 3.8) is 0 Å². The molecule has 0 saturated carbocycles. The lowest BCUT2D eigenvalue weighted by molar-refractivity contribution is 0.595. The predicted molar refractivity (Wildman–Crippen MR) is 73.6 cm³/mol. The van der Waals surface area contributed by atoms with Crippen molar-refractivity contribution in [2.45, 2.75) is 4.58 Å². The van der Waals surface area contributed by atoms with E-state index in [9.17, 15) is 0 Å². The molecule has 5 heteroatoms. The van der Waals surface area contributed by atoms with Crippen LogP contribution >= 0.6 is 23.5 Å². The number of hydrogen-bond acceptors (Lipinski definition) is 5. The SMILES string of the molecule is NN=c1c(C2SCCS2)coc2ccccc12. The summed E-state index contributed by atoms with van der Waals surface area (Å²) in [5.41, 5.74) is 1.92. The molecule has 0 radical (unpaired) electrons. The van der Waals surface area contributed by atoms with Gasteiger partial charge in [-0.15, -0.1) is 23.5 Å². The highest BCUT2D eigenvalue weighted by Gasteiger charge is 2.21. The third kappa shape index (κ3) is 1.93. The summed E-state index contributed by atoms with van der Waals surface area (Å²) in [6.07, 6.45) is 1.80. The highest BCUT2D eigenvalue weighted by atomic mass is 32.2. The van der Waals surface area contributed by atoms with Gasteiger partial charge in [-0.3, -0.25) is 0 Å². The van der Waals surface area contributed by atoms with E-state index in [-0.39, 0.29) is 0 Å². The zero-order valence-electron chi connectivity index (χ0n) is 9.13. The van der Waals surface area contributed by atoms with Crippen molar-refractivity contribution in [2.24, 2.45) is 10.9 Å². The first-order valence-electron chi connectivity index (χ1n) is 5.38. The predicted octanol–water partition coefficient (Wildman–Crippen LogP) is 2.69. The first kappa shape index (κ1) is 11.0. The summed E-state index contributed by atoms with van der Waals surface area (Å²) in [6, 6.07) is 7.86. The normalized spacial score (nSPS) is 18.0. The van der Waals surface area contributed by atoms with Crippen molar-refractivity contribution in [3.8, 4) is 0 Å². The van der Waals surface area contributed by atoms with E-state index >= 15 is 0 Å². The molecule has 3 nitrogen and oxygen atoms in total. The van der Waals surface area contributed by atoms with Crippen LogP contribution in [-0.4, -0.2) is 11.5 Å². The lowest BCUT2D eigenvalue weighted by atomic mass is 10.2. The van der Waals surface area contributed by atoms with Gasteiger partial charge in [0.2, 0.25) is 0 Å². The molecule has 2 heterocycles. The molecule has 0 unspecified atom stereocenters. The average molecular weight is 264 g/mol. The van der Waals surface area contributed by atoms with E-state index in [1.807, 2.05) is 47.8 Å². The average Bonchev–Trinajstić information content (AvgIpc) is 2.91. The van der Waals surface area contributed by atoms with Gasteiger partial charge in [-0.25, -0.2) is 0 Å². The summed E-state index contributed by atoms with van der Waals surface area (Å²) >= 11 is 3.84. The zero-order chi connectivity index (χ0) is 11.7. The van der Waals surface area contributed by atoms with Gasteiger partial charge in [0.25, 0.3) is 0 Å². The Labute approximate surface area is 107 Å². The van der Waals surface area contributed by atoms with Crippen molar-refractivity contribution in [1.82, 2.24) is 0 Å². The number of para-hydroxylation sites is 1. The second-order valence-corrected chi connectivity index (χ2v) is 6.46. The van der Waals surface area contributed by atoms with Gasteiger partial charge in [0.1, 0.15) is 10.9 Å². The summed E-state index contributed by atoms with van der Waals surface area (Å²) < 4.78 is 6.05. The van der Waals surface area contributed by atoms with Gasteiger partial charge in [0.15, 0.2) is 0 Å². The van der Waals surface area contributed by atoms with Crippen LogP contribution in [0.15, 0.2) is 40.0 Å². The Balaban J connectivity index is 2.25. The number of fused-ring (bicyclic) bond motifs is 1. The Kier molecular flexibility index (Phi) is 3.03. The Bertz CT molecular complexity index is 603. The maximum Gasteiger partial charge on any atom is 0.136 e. The monoisotopic (exact) mass is 264 g/mol.